The maximum atomic E-state index is 9.37. The van der Waals surface area contributed by atoms with Crippen LogP contribution in [0, 0.1) is 0 Å². The summed E-state index contributed by atoms with van der Waals surface area (Å²) in [7, 11) is 0. The van der Waals surface area contributed by atoms with Crippen molar-refractivity contribution in [1.29, 1.82) is 0 Å². The van der Waals surface area contributed by atoms with Gasteiger partial charge in [-0.3, -0.25) is 4.79 Å². The molecule has 0 fully saturated rings. The Kier molecular flexibility index (Phi) is 4.95. The molecule has 0 heterocycles. The summed E-state index contributed by atoms with van der Waals surface area (Å²) in [6, 6.07) is 8.75. The minimum Gasteiger partial charge on any atom is -0.481 e. The molecule has 1 aliphatic rings. The summed E-state index contributed by atoms with van der Waals surface area (Å²) < 4.78 is 0. The smallest absolute Gasteiger partial charge is 0.303 e. The molecule has 0 saturated carbocycles. The molecule has 1 aromatic rings. The highest BCUT2D eigenvalue weighted by Crippen LogP contribution is 2.24. The minimum atomic E-state index is -0.745. The van der Waals surface area contributed by atoms with Crippen molar-refractivity contribution in [1.82, 2.24) is 0 Å². The molecule has 2 heteroatoms. The Labute approximate surface area is 103 Å². The molecule has 2 nitrogen and oxygen atoms in total. The van der Waals surface area contributed by atoms with E-state index in [1.165, 1.54) is 11.1 Å². The molecule has 0 aromatic heterocycles. The lowest BCUT2D eigenvalue weighted by Gasteiger charge is -2.18. The summed E-state index contributed by atoms with van der Waals surface area (Å²) in [6.07, 6.45) is 2.53. The summed E-state index contributed by atoms with van der Waals surface area (Å²) in [4.78, 5) is 9.37. The van der Waals surface area contributed by atoms with Crippen molar-refractivity contribution < 1.29 is 9.90 Å². The van der Waals surface area contributed by atoms with Crippen LogP contribution in [0.1, 0.15) is 38.3 Å². The van der Waals surface area contributed by atoms with Gasteiger partial charge in [-0.25, -0.2) is 0 Å². The van der Waals surface area contributed by atoms with Crippen molar-refractivity contribution in [3.05, 3.63) is 46.5 Å². The molecule has 0 radical (unpaired) electrons. The van der Waals surface area contributed by atoms with Gasteiger partial charge in [0.1, 0.15) is 0 Å². The first kappa shape index (κ1) is 13.5. The molecule has 0 bridgehead atoms. The average molecular weight is 232 g/mol. The van der Waals surface area contributed by atoms with Gasteiger partial charge in [0, 0.05) is 6.42 Å². The van der Waals surface area contributed by atoms with Crippen LogP contribution in [0.3, 0.4) is 0 Å². The molecule has 92 valence electrons. The minimum absolute atomic E-state index is 0.222. The fourth-order valence-electron chi connectivity index (χ4n) is 1.78. The van der Waals surface area contributed by atoms with Gasteiger partial charge in [-0.05, 0) is 37.8 Å². The maximum Gasteiger partial charge on any atom is 0.303 e. The summed E-state index contributed by atoms with van der Waals surface area (Å²) in [6.45, 7) is 6.08. The van der Waals surface area contributed by atoms with Crippen molar-refractivity contribution in [2.24, 2.45) is 0 Å². The number of carbonyl (C=O) groups is 1. The van der Waals surface area contributed by atoms with Gasteiger partial charge in [0.25, 0.3) is 0 Å². The normalized spacial score (nSPS) is 13.6. The van der Waals surface area contributed by atoms with Gasteiger partial charge in [0.05, 0.1) is 0 Å². The van der Waals surface area contributed by atoms with Gasteiger partial charge < -0.3 is 5.11 Å². The third kappa shape index (κ3) is 4.06. The van der Waals surface area contributed by atoms with E-state index in [0.29, 0.717) is 0 Å². The second-order valence-corrected chi connectivity index (χ2v) is 4.43. The third-order valence-electron chi connectivity index (χ3n) is 3.06. The Bertz CT molecular complexity index is 397. The fourth-order valence-corrected chi connectivity index (χ4v) is 1.78. The van der Waals surface area contributed by atoms with E-state index in [1.807, 2.05) is 0 Å². The summed E-state index contributed by atoms with van der Waals surface area (Å²) in [5.74, 6) is -0.745. The SMILES string of the molecule is CC1=C(C)Cc2ccccc2C1.CCC(=O)O. The van der Waals surface area contributed by atoms with Gasteiger partial charge in [-0.1, -0.05) is 42.3 Å². The Morgan fingerprint density at radius 1 is 1.12 bits per heavy atom. The van der Waals surface area contributed by atoms with Crippen LogP contribution in [0.4, 0.5) is 0 Å². The average Bonchev–Trinajstić information content (AvgIpc) is 2.31. The number of benzene rings is 1. The molecule has 17 heavy (non-hydrogen) atoms. The Morgan fingerprint density at radius 3 is 1.76 bits per heavy atom. The molecular weight excluding hydrogens is 212 g/mol. The lowest BCUT2D eigenvalue weighted by molar-refractivity contribution is -0.136. The van der Waals surface area contributed by atoms with E-state index in [-0.39, 0.29) is 6.42 Å². The second kappa shape index (κ2) is 6.24. The molecule has 0 amide bonds. The third-order valence-corrected chi connectivity index (χ3v) is 3.06. The molecule has 0 unspecified atom stereocenters. The number of aliphatic carboxylic acids is 1. The molecule has 2 rings (SSSR count). The van der Waals surface area contributed by atoms with E-state index in [1.54, 1.807) is 18.1 Å². The standard InChI is InChI=1S/C12H14.C3H6O2/c1-9-7-11-5-3-4-6-12(11)8-10(9)2;1-2-3(4)5/h3-6H,7-8H2,1-2H3;2H2,1H3,(H,4,5). The van der Waals surface area contributed by atoms with E-state index in [0.717, 1.165) is 12.8 Å². The number of allylic oxidation sites excluding steroid dienone is 2. The number of hydrogen-bond donors (Lipinski definition) is 1. The van der Waals surface area contributed by atoms with E-state index in [4.69, 9.17) is 5.11 Å². The number of carboxylic acids is 1. The van der Waals surface area contributed by atoms with Crippen LogP contribution in [-0.2, 0) is 17.6 Å². The molecule has 0 spiro atoms. The topological polar surface area (TPSA) is 37.3 Å². The largest absolute Gasteiger partial charge is 0.481 e. The number of carboxylic acid groups (broad SMARTS) is 1. The zero-order valence-corrected chi connectivity index (χ0v) is 10.8. The predicted octanol–water partition coefficient (Wildman–Crippen LogP) is 3.60. The zero-order valence-electron chi connectivity index (χ0n) is 10.8. The maximum absolute atomic E-state index is 9.37. The molecule has 0 atom stereocenters. The van der Waals surface area contributed by atoms with E-state index < -0.39 is 5.97 Å². The number of hydrogen-bond acceptors (Lipinski definition) is 1. The van der Waals surface area contributed by atoms with Gasteiger partial charge in [0.15, 0.2) is 0 Å². The first-order valence-electron chi connectivity index (χ1n) is 5.98. The van der Waals surface area contributed by atoms with Crippen molar-refractivity contribution in [2.75, 3.05) is 0 Å². The summed E-state index contributed by atoms with van der Waals surface area (Å²) in [5, 5.41) is 7.72. The second-order valence-electron chi connectivity index (χ2n) is 4.43. The summed E-state index contributed by atoms with van der Waals surface area (Å²) in [5.41, 5.74) is 6.13. The van der Waals surface area contributed by atoms with Gasteiger partial charge >= 0.3 is 5.97 Å². The van der Waals surface area contributed by atoms with E-state index in [2.05, 4.69) is 38.1 Å². The highest BCUT2D eigenvalue weighted by molar-refractivity contribution is 5.66. The zero-order chi connectivity index (χ0) is 12.8. The highest BCUT2D eigenvalue weighted by atomic mass is 16.4. The van der Waals surface area contributed by atoms with Crippen molar-refractivity contribution >= 4 is 5.97 Å². The van der Waals surface area contributed by atoms with Crippen LogP contribution in [0.25, 0.3) is 0 Å². The fraction of sp³-hybridized carbons (Fsp3) is 0.400. The van der Waals surface area contributed by atoms with Gasteiger partial charge in [-0.2, -0.15) is 0 Å². The lowest BCUT2D eigenvalue weighted by atomic mass is 9.88. The lowest BCUT2D eigenvalue weighted by Crippen LogP contribution is -2.04. The molecule has 1 aliphatic carbocycles. The van der Waals surface area contributed by atoms with Crippen molar-refractivity contribution in [3.8, 4) is 0 Å². The molecular formula is C15H20O2. The predicted molar refractivity (Wildman–Crippen MR) is 70.2 cm³/mol. The van der Waals surface area contributed by atoms with Crippen LogP contribution in [-0.4, -0.2) is 11.1 Å². The summed E-state index contributed by atoms with van der Waals surface area (Å²) >= 11 is 0. The van der Waals surface area contributed by atoms with Crippen molar-refractivity contribution in [2.45, 2.75) is 40.0 Å². The molecule has 1 N–H and O–H groups in total. The number of rotatable bonds is 1. The van der Waals surface area contributed by atoms with Crippen LogP contribution in [0.2, 0.25) is 0 Å². The van der Waals surface area contributed by atoms with Crippen LogP contribution >= 0.6 is 0 Å². The number of fused-ring (bicyclic) bond motifs is 1. The highest BCUT2D eigenvalue weighted by Gasteiger charge is 2.10. The van der Waals surface area contributed by atoms with Gasteiger partial charge in [-0.15, -0.1) is 0 Å². The molecule has 1 aromatic carbocycles. The van der Waals surface area contributed by atoms with Crippen LogP contribution in [0.5, 0.6) is 0 Å². The van der Waals surface area contributed by atoms with Crippen LogP contribution < -0.4 is 0 Å². The molecule has 0 saturated heterocycles. The first-order valence-corrected chi connectivity index (χ1v) is 5.98. The Morgan fingerprint density at radius 2 is 1.47 bits per heavy atom. The van der Waals surface area contributed by atoms with E-state index in [9.17, 15) is 4.79 Å². The Balaban J connectivity index is 0.000000249. The van der Waals surface area contributed by atoms with E-state index >= 15 is 0 Å². The molecule has 0 aliphatic heterocycles. The Hall–Kier alpha value is -1.57. The quantitative estimate of drug-likeness (QED) is 0.751. The van der Waals surface area contributed by atoms with Crippen LogP contribution in [0.15, 0.2) is 35.4 Å². The first-order chi connectivity index (χ1) is 8.04. The van der Waals surface area contributed by atoms with Crippen molar-refractivity contribution in [3.63, 3.8) is 0 Å². The van der Waals surface area contributed by atoms with Gasteiger partial charge in [0.2, 0.25) is 0 Å². The monoisotopic (exact) mass is 232 g/mol.